The SMILES string of the molecule is CC(=O)ON=C(C)c1ccc(N(c2ccc(C(=O)c3ccccc3C)cc2)c2ccc(/C(C)=N\OC(C)=O)cc2)cc1. The van der Waals surface area contributed by atoms with Crippen LogP contribution in [0.2, 0.25) is 0 Å². The summed E-state index contributed by atoms with van der Waals surface area (Å²) >= 11 is 0. The third-order valence-corrected chi connectivity index (χ3v) is 6.49. The molecule has 0 aliphatic rings. The minimum absolute atomic E-state index is 0.0370. The van der Waals surface area contributed by atoms with E-state index >= 15 is 0 Å². The molecule has 4 aromatic rings. The van der Waals surface area contributed by atoms with E-state index in [1.807, 2.05) is 109 Å². The van der Waals surface area contributed by atoms with Crippen LogP contribution >= 0.6 is 0 Å². The molecule has 0 bridgehead atoms. The molecule has 0 heterocycles. The van der Waals surface area contributed by atoms with Crippen LogP contribution in [-0.4, -0.2) is 29.1 Å². The van der Waals surface area contributed by atoms with Gasteiger partial charge in [-0.3, -0.25) is 4.79 Å². The highest BCUT2D eigenvalue weighted by atomic mass is 16.7. The molecule has 0 radical (unpaired) electrons. The van der Waals surface area contributed by atoms with Crippen molar-refractivity contribution in [1.29, 1.82) is 0 Å². The quantitative estimate of drug-likeness (QED) is 0.0923. The van der Waals surface area contributed by atoms with Gasteiger partial charge in [0.15, 0.2) is 5.78 Å². The molecule has 0 aliphatic carbocycles. The summed E-state index contributed by atoms with van der Waals surface area (Å²) in [5.41, 5.74) is 7.46. The lowest BCUT2D eigenvalue weighted by atomic mass is 9.99. The van der Waals surface area contributed by atoms with Gasteiger partial charge in [0, 0.05) is 42.0 Å². The first kappa shape index (κ1) is 29.6. The molecule has 4 aromatic carbocycles. The van der Waals surface area contributed by atoms with E-state index in [1.165, 1.54) is 13.8 Å². The maximum absolute atomic E-state index is 13.2. The van der Waals surface area contributed by atoms with E-state index in [9.17, 15) is 14.4 Å². The number of carbonyl (C=O) groups is 3. The standard InChI is InChI=1S/C34H31N3O5/c1-22-8-6-7-9-33(22)34(40)29-14-20-32(21-15-29)37(30-16-10-27(11-17-30)23(2)35-41-25(4)38)31-18-12-28(13-19-31)24(3)36-42-26(5)39/h6-21H,1-5H3/b35-23-,36-24?. The summed E-state index contributed by atoms with van der Waals surface area (Å²) < 4.78 is 0. The van der Waals surface area contributed by atoms with Crippen LogP contribution < -0.4 is 4.90 Å². The number of oxime groups is 2. The van der Waals surface area contributed by atoms with E-state index in [-0.39, 0.29) is 5.78 Å². The lowest BCUT2D eigenvalue weighted by molar-refractivity contribution is -0.141. The Hall–Kier alpha value is -5.37. The van der Waals surface area contributed by atoms with E-state index in [0.717, 1.165) is 33.8 Å². The van der Waals surface area contributed by atoms with Gasteiger partial charge in [0.1, 0.15) is 0 Å². The van der Waals surface area contributed by atoms with Gasteiger partial charge >= 0.3 is 11.9 Å². The molecule has 0 amide bonds. The molecule has 0 saturated heterocycles. The Morgan fingerprint density at radius 1 is 0.548 bits per heavy atom. The number of nitrogens with zero attached hydrogens (tertiary/aromatic N) is 3. The summed E-state index contributed by atoms with van der Waals surface area (Å²) in [6.45, 7) is 8.05. The molecule has 0 atom stereocenters. The molecule has 0 unspecified atom stereocenters. The zero-order valence-electron chi connectivity index (χ0n) is 24.1. The number of benzene rings is 4. The molecule has 8 nitrogen and oxygen atoms in total. The van der Waals surface area contributed by atoms with Gasteiger partial charge in [-0.25, -0.2) is 9.59 Å². The van der Waals surface area contributed by atoms with Crippen molar-refractivity contribution >= 4 is 46.2 Å². The van der Waals surface area contributed by atoms with E-state index in [4.69, 9.17) is 9.68 Å². The number of ketones is 1. The van der Waals surface area contributed by atoms with Crippen LogP contribution in [0.3, 0.4) is 0 Å². The van der Waals surface area contributed by atoms with Gasteiger partial charge in [0.25, 0.3) is 0 Å². The first-order valence-electron chi connectivity index (χ1n) is 13.3. The predicted octanol–water partition coefficient (Wildman–Crippen LogP) is 7.27. The smallest absolute Gasteiger partial charge is 0.318 e. The monoisotopic (exact) mass is 561 g/mol. The van der Waals surface area contributed by atoms with Crippen molar-refractivity contribution in [2.45, 2.75) is 34.6 Å². The van der Waals surface area contributed by atoms with Gasteiger partial charge in [-0.2, -0.15) is 0 Å². The van der Waals surface area contributed by atoms with Crippen molar-refractivity contribution in [2.24, 2.45) is 10.3 Å². The first-order valence-corrected chi connectivity index (χ1v) is 13.3. The largest absolute Gasteiger partial charge is 0.331 e. The van der Waals surface area contributed by atoms with Crippen molar-refractivity contribution in [3.05, 3.63) is 125 Å². The number of anilines is 3. The van der Waals surface area contributed by atoms with Crippen LogP contribution in [0.1, 0.15) is 60.3 Å². The van der Waals surface area contributed by atoms with Crippen molar-refractivity contribution in [2.75, 3.05) is 4.90 Å². The average Bonchev–Trinajstić information content (AvgIpc) is 2.99. The summed E-state index contributed by atoms with van der Waals surface area (Å²) in [4.78, 5) is 47.1. The lowest BCUT2D eigenvalue weighted by Gasteiger charge is -2.26. The molecule has 0 N–H and O–H groups in total. The second-order valence-electron chi connectivity index (χ2n) is 9.64. The Kier molecular flexibility index (Phi) is 9.39. The van der Waals surface area contributed by atoms with Crippen LogP contribution in [0, 0.1) is 6.92 Å². The molecule has 0 aliphatic heterocycles. The molecule has 4 rings (SSSR count). The van der Waals surface area contributed by atoms with E-state index < -0.39 is 11.9 Å². The third kappa shape index (κ3) is 7.22. The average molecular weight is 562 g/mol. The van der Waals surface area contributed by atoms with Crippen LogP contribution in [0.4, 0.5) is 17.1 Å². The normalized spacial score (nSPS) is 11.5. The van der Waals surface area contributed by atoms with Crippen molar-refractivity contribution in [1.82, 2.24) is 0 Å². The number of rotatable bonds is 9. The van der Waals surface area contributed by atoms with Gasteiger partial charge in [-0.1, -0.05) is 58.8 Å². The minimum Gasteiger partial charge on any atom is -0.318 e. The maximum atomic E-state index is 13.2. The van der Waals surface area contributed by atoms with Gasteiger partial charge in [0.2, 0.25) is 0 Å². The first-order chi connectivity index (χ1) is 20.1. The highest BCUT2D eigenvalue weighted by molar-refractivity contribution is 6.10. The number of carbonyl (C=O) groups excluding carboxylic acids is 3. The fraction of sp³-hybridized carbons (Fsp3) is 0.147. The molecule has 212 valence electrons. The van der Waals surface area contributed by atoms with Crippen LogP contribution in [0.15, 0.2) is 107 Å². The van der Waals surface area contributed by atoms with E-state index in [0.29, 0.717) is 22.6 Å². The Balaban J connectivity index is 1.71. The molecule has 0 spiro atoms. The van der Waals surface area contributed by atoms with Gasteiger partial charge in [-0.15, -0.1) is 0 Å². The summed E-state index contributed by atoms with van der Waals surface area (Å²) in [5.74, 6) is -1.01. The Bertz CT molecular complexity index is 1580. The second kappa shape index (κ2) is 13.3. The summed E-state index contributed by atoms with van der Waals surface area (Å²) in [7, 11) is 0. The van der Waals surface area contributed by atoms with Crippen molar-refractivity contribution < 1.29 is 24.1 Å². The second-order valence-corrected chi connectivity index (χ2v) is 9.64. The Morgan fingerprint density at radius 2 is 0.929 bits per heavy atom. The van der Waals surface area contributed by atoms with E-state index in [1.54, 1.807) is 13.8 Å². The zero-order valence-corrected chi connectivity index (χ0v) is 24.1. The molecule has 0 saturated carbocycles. The number of hydrogen-bond donors (Lipinski definition) is 0. The molecule has 0 fully saturated rings. The molecule has 8 heteroatoms. The maximum Gasteiger partial charge on any atom is 0.331 e. The summed E-state index contributed by atoms with van der Waals surface area (Å²) in [6, 6.07) is 30.3. The van der Waals surface area contributed by atoms with Gasteiger partial charge in [0.05, 0.1) is 11.4 Å². The van der Waals surface area contributed by atoms with Crippen molar-refractivity contribution in [3.63, 3.8) is 0 Å². The molecule has 0 aromatic heterocycles. The van der Waals surface area contributed by atoms with Crippen LogP contribution in [-0.2, 0) is 19.3 Å². The van der Waals surface area contributed by atoms with Crippen LogP contribution in [0.25, 0.3) is 0 Å². The highest BCUT2D eigenvalue weighted by Crippen LogP contribution is 2.35. The molecule has 42 heavy (non-hydrogen) atoms. The number of aryl methyl sites for hydroxylation is 1. The van der Waals surface area contributed by atoms with E-state index in [2.05, 4.69) is 10.3 Å². The minimum atomic E-state index is -0.488. The van der Waals surface area contributed by atoms with Crippen LogP contribution in [0.5, 0.6) is 0 Å². The third-order valence-electron chi connectivity index (χ3n) is 6.49. The molecular formula is C34H31N3O5. The Morgan fingerprint density at radius 3 is 1.31 bits per heavy atom. The topological polar surface area (TPSA) is 97.6 Å². The fourth-order valence-electron chi connectivity index (χ4n) is 4.27. The molecular weight excluding hydrogens is 530 g/mol. The Labute approximate surface area is 244 Å². The fourth-order valence-corrected chi connectivity index (χ4v) is 4.27. The predicted molar refractivity (Wildman–Crippen MR) is 164 cm³/mol. The summed E-state index contributed by atoms with van der Waals surface area (Å²) in [6.07, 6.45) is 0. The van der Waals surface area contributed by atoms with Gasteiger partial charge in [-0.05, 0) is 86.0 Å². The zero-order chi connectivity index (χ0) is 30.2. The number of hydrogen-bond acceptors (Lipinski definition) is 8. The summed E-state index contributed by atoms with van der Waals surface area (Å²) in [5, 5.41) is 7.75. The highest BCUT2D eigenvalue weighted by Gasteiger charge is 2.16. The van der Waals surface area contributed by atoms with Crippen molar-refractivity contribution in [3.8, 4) is 0 Å². The lowest BCUT2D eigenvalue weighted by Crippen LogP contribution is -2.11. The van der Waals surface area contributed by atoms with Gasteiger partial charge < -0.3 is 14.6 Å².